The Morgan fingerprint density at radius 1 is 1.22 bits per heavy atom. The molecule has 3 rings (SSSR count). The van der Waals surface area contributed by atoms with Gasteiger partial charge >= 0.3 is 11.9 Å². The van der Waals surface area contributed by atoms with Gasteiger partial charge in [0, 0.05) is 18.9 Å². The molecule has 27 heavy (non-hydrogen) atoms. The van der Waals surface area contributed by atoms with Gasteiger partial charge < -0.3 is 4.98 Å². The van der Waals surface area contributed by atoms with Crippen LogP contribution in [0.3, 0.4) is 0 Å². The van der Waals surface area contributed by atoms with Crippen molar-refractivity contribution >= 4 is 20.7 Å². The maximum absolute atomic E-state index is 13.5. The Morgan fingerprint density at radius 3 is 2.41 bits per heavy atom. The molecule has 0 saturated carbocycles. The zero-order valence-electron chi connectivity index (χ0n) is 13.9. The second-order valence-electron chi connectivity index (χ2n) is 5.94. The molecule has 0 aliphatic heterocycles. The van der Waals surface area contributed by atoms with E-state index in [-0.39, 0.29) is 16.6 Å². The van der Waals surface area contributed by atoms with Crippen LogP contribution in [0.5, 0.6) is 0 Å². The number of alkyl halides is 3. The van der Waals surface area contributed by atoms with Gasteiger partial charge in [0.2, 0.25) is 0 Å². The number of aryl methyl sites for hydroxylation is 1. The fourth-order valence-electron chi connectivity index (χ4n) is 2.57. The van der Waals surface area contributed by atoms with Crippen LogP contribution in [0.25, 0.3) is 22.2 Å². The van der Waals surface area contributed by atoms with E-state index < -0.39 is 44.3 Å². The molecule has 0 aliphatic carbocycles. The number of nitrogens with one attached hydrogen (secondary N) is 1. The third-order valence-corrected chi connectivity index (χ3v) is 4.39. The van der Waals surface area contributed by atoms with Gasteiger partial charge in [0.05, 0.1) is 22.7 Å². The van der Waals surface area contributed by atoms with Crippen LogP contribution in [-0.4, -0.2) is 39.2 Å². The smallest absolute Gasteiger partial charge is 0.307 e. The molecule has 0 bridgehead atoms. The van der Waals surface area contributed by atoms with E-state index in [1.54, 1.807) is 0 Å². The molecule has 2 heterocycles. The van der Waals surface area contributed by atoms with E-state index in [0.29, 0.717) is 10.6 Å². The predicted octanol–water partition coefficient (Wildman–Crippen LogP) is 0.506. The highest BCUT2D eigenvalue weighted by Gasteiger charge is 2.35. The molecule has 9 nitrogen and oxygen atoms in total. The van der Waals surface area contributed by atoms with E-state index in [1.165, 1.54) is 17.9 Å². The lowest BCUT2D eigenvalue weighted by Gasteiger charge is -2.13. The second kappa shape index (κ2) is 6.04. The Balaban J connectivity index is 2.40. The average Bonchev–Trinajstić information content (AvgIpc) is 2.95. The van der Waals surface area contributed by atoms with Gasteiger partial charge in [-0.05, 0) is 12.1 Å². The number of fused-ring (bicyclic) bond motifs is 1. The lowest BCUT2D eigenvalue weighted by atomic mass is 10.0. The van der Waals surface area contributed by atoms with Crippen LogP contribution in [0.4, 0.5) is 13.2 Å². The minimum absolute atomic E-state index is 0.132. The van der Waals surface area contributed by atoms with Gasteiger partial charge in [0.25, 0.3) is 5.56 Å². The minimum atomic E-state index is -4.79. The largest absolute Gasteiger partial charge is 0.417 e. The molecular formula is C14H12F3N5O4S. The molecule has 3 aromatic rings. The normalized spacial score (nSPS) is 12.6. The van der Waals surface area contributed by atoms with Crippen LogP contribution in [0, 0.1) is 0 Å². The number of hydrogen-bond donors (Lipinski definition) is 1. The first kappa shape index (κ1) is 18.8. The molecule has 0 atom stereocenters. The number of benzene rings is 1. The molecule has 144 valence electrons. The van der Waals surface area contributed by atoms with Gasteiger partial charge in [-0.2, -0.15) is 13.2 Å². The third-order valence-electron chi connectivity index (χ3n) is 3.67. The summed E-state index contributed by atoms with van der Waals surface area (Å²) in [5, 5.41) is 6.92. The van der Waals surface area contributed by atoms with Crippen LogP contribution in [0.1, 0.15) is 5.56 Å². The van der Waals surface area contributed by atoms with Crippen molar-refractivity contribution in [2.45, 2.75) is 12.1 Å². The zero-order valence-corrected chi connectivity index (χ0v) is 14.7. The lowest BCUT2D eigenvalue weighted by Crippen LogP contribution is -2.37. The van der Waals surface area contributed by atoms with E-state index in [9.17, 15) is 31.2 Å². The Labute approximate surface area is 149 Å². The van der Waals surface area contributed by atoms with E-state index in [0.717, 1.165) is 12.3 Å². The fourth-order valence-corrected chi connectivity index (χ4v) is 3.27. The third kappa shape index (κ3) is 3.63. The van der Waals surface area contributed by atoms with Crippen molar-refractivity contribution < 1.29 is 21.6 Å². The molecule has 0 aliphatic rings. The summed E-state index contributed by atoms with van der Waals surface area (Å²) in [4.78, 5) is 26.6. The van der Waals surface area contributed by atoms with Gasteiger partial charge in [0.15, 0.2) is 9.84 Å². The van der Waals surface area contributed by atoms with Crippen molar-refractivity contribution in [3.05, 3.63) is 44.7 Å². The summed E-state index contributed by atoms with van der Waals surface area (Å²) >= 11 is 0. The summed E-state index contributed by atoms with van der Waals surface area (Å²) in [7, 11) is -2.28. The van der Waals surface area contributed by atoms with Crippen LogP contribution in [-0.2, 0) is 28.9 Å². The van der Waals surface area contributed by atoms with E-state index in [2.05, 4.69) is 15.3 Å². The van der Waals surface area contributed by atoms with Gasteiger partial charge in [0.1, 0.15) is 11.6 Å². The van der Waals surface area contributed by atoms with Gasteiger partial charge in [-0.15, -0.1) is 5.10 Å². The van der Waals surface area contributed by atoms with Crippen LogP contribution in [0.2, 0.25) is 0 Å². The molecule has 1 aromatic carbocycles. The monoisotopic (exact) mass is 403 g/mol. The average molecular weight is 403 g/mol. The van der Waals surface area contributed by atoms with E-state index in [4.69, 9.17) is 0 Å². The quantitative estimate of drug-likeness (QED) is 0.680. The molecule has 2 aromatic heterocycles. The van der Waals surface area contributed by atoms with Crippen molar-refractivity contribution in [1.29, 1.82) is 0 Å². The number of aromatic nitrogens is 5. The fraction of sp³-hybridized carbons (Fsp3) is 0.286. The van der Waals surface area contributed by atoms with Crippen molar-refractivity contribution in [1.82, 2.24) is 24.5 Å². The number of sulfone groups is 1. The second-order valence-corrected chi connectivity index (χ2v) is 8.05. The molecular weight excluding hydrogens is 391 g/mol. The number of halogens is 3. The maximum Gasteiger partial charge on any atom is 0.417 e. The predicted molar refractivity (Wildman–Crippen MR) is 88.7 cm³/mol. The zero-order chi connectivity index (χ0) is 20.1. The SMILES string of the molecule is Cn1cc(-c2cc3c(=O)n(CS(C)(=O)=O)c(=O)[nH]c3cc2C(F)(F)F)nn1. The maximum atomic E-state index is 13.5. The summed E-state index contributed by atoms with van der Waals surface area (Å²) in [6, 6.07) is 1.53. The molecule has 0 unspecified atom stereocenters. The first-order valence-electron chi connectivity index (χ1n) is 7.29. The van der Waals surface area contributed by atoms with Crippen molar-refractivity contribution in [2.24, 2.45) is 7.05 Å². The number of H-pyrrole nitrogens is 1. The number of aromatic amines is 1. The Hall–Kier alpha value is -2.96. The summed E-state index contributed by atoms with van der Waals surface area (Å²) in [5.41, 5.74) is -4.19. The minimum Gasteiger partial charge on any atom is -0.307 e. The summed E-state index contributed by atoms with van der Waals surface area (Å²) in [6.07, 6.45) is -2.74. The summed E-state index contributed by atoms with van der Waals surface area (Å²) in [5.74, 6) is -0.904. The first-order chi connectivity index (χ1) is 12.4. The highest BCUT2D eigenvalue weighted by Crippen LogP contribution is 2.37. The van der Waals surface area contributed by atoms with E-state index in [1.807, 2.05) is 0 Å². The van der Waals surface area contributed by atoms with Crippen LogP contribution in [0.15, 0.2) is 27.9 Å². The lowest BCUT2D eigenvalue weighted by molar-refractivity contribution is -0.137. The Bertz CT molecular complexity index is 1270. The number of rotatable bonds is 3. The molecule has 0 amide bonds. The molecule has 0 radical (unpaired) electrons. The molecule has 0 spiro atoms. The highest BCUT2D eigenvalue weighted by molar-refractivity contribution is 7.89. The van der Waals surface area contributed by atoms with Gasteiger partial charge in [-0.1, -0.05) is 5.21 Å². The van der Waals surface area contributed by atoms with Crippen molar-refractivity contribution in [3.63, 3.8) is 0 Å². The molecule has 0 fully saturated rings. The Morgan fingerprint density at radius 2 is 1.89 bits per heavy atom. The number of hydrogen-bond acceptors (Lipinski definition) is 6. The summed E-state index contributed by atoms with van der Waals surface area (Å²) in [6.45, 7) is 0. The van der Waals surface area contributed by atoms with Gasteiger partial charge in [-0.25, -0.2) is 17.8 Å². The number of nitrogens with zero attached hydrogens (tertiary/aromatic N) is 4. The standard InChI is InChI=1S/C14H12F3N5O4S/c1-21-5-11(19-20-21)7-3-8-10(4-9(7)14(15,16)17)18-13(24)22(12(8)23)6-27(2,25)26/h3-5H,6H2,1-2H3,(H,18,24). The topological polar surface area (TPSA) is 120 Å². The summed E-state index contributed by atoms with van der Waals surface area (Å²) < 4.78 is 64.9. The molecule has 0 saturated heterocycles. The first-order valence-corrected chi connectivity index (χ1v) is 9.35. The van der Waals surface area contributed by atoms with Crippen LogP contribution >= 0.6 is 0 Å². The molecule has 1 N–H and O–H groups in total. The Kier molecular flexibility index (Phi) is 4.21. The van der Waals surface area contributed by atoms with Crippen molar-refractivity contribution in [2.75, 3.05) is 6.26 Å². The van der Waals surface area contributed by atoms with E-state index >= 15 is 0 Å². The van der Waals surface area contributed by atoms with Crippen LogP contribution < -0.4 is 11.2 Å². The van der Waals surface area contributed by atoms with Gasteiger partial charge in [-0.3, -0.25) is 9.48 Å². The highest BCUT2D eigenvalue weighted by atomic mass is 32.2. The molecule has 13 heteroatoms. The van der Waals surface area contributed by atoms with Crippen molar-refractivity contribution in [3.8, 4) is 11.3 Å².